The van der Waals surface area contributed by atoms with E-state index in [2.05, 4.69) is 15.6 Å². The molecular weight excluding hydrogens is 435 g/mol. The fourth-order valence-electron chi connectivity index (χ4n) is 2.69. The van der Waals surface area contributed by atoms with Crippen molar-refractivity contribution in [3.63, 3.8) is 0 Å². The molecule has 0 fully saturated rings. The number of halogens is 3. The lowest BCUT2D eigenvalue weighted by Crippen LogP contribution is -2.22. The number of amides is 1. The summed E-state index contributed by atoms with van der Waals surface area (Å²) in [6.07, 6.45) is -3.55. The highest BCUT2D eigenvalue weighted by atomic mass is 32.2. The number of nitrogens with zero attached hydrogens (tertiary/aromatic N) is 4. The number of benzene rings is 2. The Balaban J connectivity index is 1.90. The van der Waals surface area contributed by atoms with Gasteiger partial charge >= 0.3 is 6.18 Å². The van der Waals surface area contributed by atoms with Gasteiger partial charge in [0.1, 0.15) is 0 Å². The first-order chi connectivity index (χ1) is 14.4. The lowest BCUT2D eigenvalue weighted by atomic mass is 10.1. The zero-order valence-electron chi connectivity index (χ0n) is 16.7. The van der Waals surface area contributed by atoms with Crippen molar-refractivity contribution in [3.8, 4) is 5.69 Å². The van der Waals surface area contributed by atoms with Crippen LogP contribution < -0.4 is 5.32 Å². The molecule has 3 rings (SSSR count). The van der Waals surface area contributed by atoms with Crippen LogP contribution in [0.2, 0.25) is 0 Å². The molecule has 1 amide bonds. The van der Waals surface area contributed by atoms with Crippen LogP contribution in [0.25, 0.3) is 5.69 Å². The third-order valence-electron chi connectivity index (χ3n) is 4.42. The van der Waals surface area contributed by atoms with E-state index in [1.165, 1.54) is 50.5 Å². The van der Waals surface area contributed by atoms with Gasteiger partial charge in [0.05, 0.1) is 22.3 Å². The van der Waals surface area contributed by atoms with Crippen LogP contribution in [0.5, 0.6) is 0 Å². The van der Waals surface area contributed by atoms with E-state index in [1.807, 2.05) is 0 Å². The fourth-order valence-corrected chi connectivity index (χ4v) is 3.62. The van der Waals surface area contributed by atoms with Gasteiger partial charge in [-0.05, 0) is 36.8 Å². The summed E-state index contributed by atoms with van der Waals surface area (Å²) in [7, 11) is -0.965. The predicted molar refractivity (Wildman–Crippen MR) is 106 cm³/mol. The van der Waals surface area contributed by atoms with Gasteiger partial charge < -0.3 is 5.32 Å². The van der Waals surface area contributed by atoms with E-state index in [4.69, 9.17) is 0 Å². The maximum Gasteiger partial charge on any atom is 0.418 e. The molecule has 0 saturated carbocycles. The Morgan fingerprint density at radius 1 is 1.13 bits per heavy atom. The van der Waals surface area contributed by atoms with Crippen LogP contribution in [0.1, 0.15) is 21.6 Å². The van der Waals surface area contributed by atoms with Crippen molar-refractivity contribution in [3.05, 3.63) is 65.5 Å². The van der Waals surface area contributed by atoms with E-state index in [1.54, 1.807) is 6.92 Å². The Hall–Kier alpha value is -3.25. The van der Waals surface area contributed by atoms with E-state index in [9.17, 15) is 26.4 Å². The minimum Gasteiger partial charge on any atom is -0.320 e. The van der Waals surface area contributed by atoms with E-state index >= 15 is 0 Å². The molecule has 31 heavy (non-hydrogen) atoms. The highest BCUT2D eigenvalue weighted by molar-refractivity contribution is 7.89. The summed E-state index contributed by atoms with van der Waals surface area (Å²) >= 11 is 0. The lowest BCUT2D eigenvalue weighted by molar-refractivity contribution is -0.137. The Bertz CT molecular complexity index is 1240. The lowest BCUT2D eigenvalue weighted by Gasteiger charge is -2.14. The molecule has 0 aliphatic heterocycles. The predicted octanol–water partition coefficient (Wildman–Crippen LogP) is 3.10. The summed E-state index contributed by atoms with van der Waals surface area (Å²) in [4.78, 5) is 12.6. The molecule has 0 saturated heterocycles. The van der Waals surface area contributed by atoms with Crippen LogP contribution in [0.15, 0.2) is 53.6 Å². The van der Waals surface area contributed by atoms with Crippen molar-refractivity contribution in [1.29, 1.82) is 0 Å². The molecular formula is C19H18F3N5O3S. The van der Waals surface area contributed by atoms with Crippen LogP contribution in [-0.2, 0) is 16.2 Å². The molecule has 0 aliphatic rings. The summed E-state index contributed by atoms with van der Waals surface area (Å²) in [5, 5.41) is 9.80. The first kappa shape index (κ1) is 22.4. The van der Waals surface area contributed by atoms with Crippen molar-refractivity contribution in [2.45, 2.75) is 18.0 Å². The molecule has 1 aromatic heterocycles. The summed E-state index contributed by atoms with van der Waals surface area (Å²) in [5.41, 5.74) is -0.641. The Labute approximate surface area is 176 Å². The number of anilines is 1. The third kappa shape index (κ3) is 4.59. The van der Waals surface area contributed by atoms with Gasteiger partial charge in [-0.25, -0.2) is 17.4 Å². The number of hydrogen-bond acceptors (Lipinski definition) is 5. The molecule has 0 bridgehead atoms. The monoisotopic (exact) mass is 453 g/mol. The highest BCUT2D eigenvalue weighted by Gasteiger charge is 2.34. The Kier molecular flexibility index (Phi) is 5.87. The number of alkyl halides is 3. The van der Waals surface area contributed by atoms with Gasteiger partial charge in [0, 0.05) is 19.8 Å². The summed E-state index contributed by atoms with van der Waals surface area (Å²) in [6, 6.07) is 9.00. The molecule has 0 unspecified atom stereocenters. The summed E-state index contributed by atoms with van der Waals surface area (Å²) < 4.78 is 66.2. The maximum absolute atomic E-state index is 13.2. The maximum atomic E-state index is 13.2. The first-order valence-corrected chi connectivity index (χ1v) is 10.3. The molecule has 0 aliphatic carbocycles. The molecule has 3 aromatic rings. The molecule has 0 radical (unpaired) electrons. The smallest absolute Gasteiger partial charge is 0.320 e. The van der Waals surface area contributed by atoms with Gasteiger partial charge in [0.25, 0.3) is 5.91 Å². The topological polar surface area (TPSA) is 97.2 Å². The van der Waals surface area contributed by atoms with Crippen molar-refractivity contribution < 1.29 is 26.4 Å². The molecule has 1 heterocycles. The molecule has 2 aromatic carbocycles. The van der Waals surface area contributed by atoms with E-state index in [-0.39, 0.29) is 22.0 Å². The normalized spacial score (nSPS) is 12.2. The van der Waals surface area contributed by atoms with Crippen LogP contribution in [0.3, 0.4) is 0 Å². The summed E-state index contributed by atoms with van der Waals surface area (Å²) in [5.74, 6) is -0.752. The van der Waals surface area contributed by atoms with Gasteiger partial charge in [0.2, 0.25) is 10.0 Å². The minimum absolute atomic E-state index is 0.0267. The average Bonchev–Trinajstić information content (AvgIpc) is 3.19. The second-order valence-corrected chi connectivity index (χ2v) is 8.93. The quantitative estimate of drug-likeness (QED) is 0.640. The number of para-hydroxylation sites is 1. The standard InChI is InChI=1S/C19H18F3N5O3S/c1-12-8-9-13(31(29,30)26(2)3)10-15(12)23-18(28)16-11-27(25-24-16)17-7-5-4-6-14(17)19(20,21)22/h4-11H,1-3H3,(H,23,28). The Morgan fingerprint density at radius 3 is 2.45 bits per heavy atom. The molecule has 8 nitrogen and oxygen atoms in total. The number of carbonyl (C=O) groups is 1. The minimum atomic E-state index is -4.61. The van der Waals surface area contributed by atoms with Crippen molar-refractivity contribution in [1.82, 2.24) is 19.3 Å². The number of rotatable bonds is 5. The van der Waals surface area contributed by atoms with Crippen molar-refractivity contribution in [2.24, 2.45) is 0 Å². The molecule has 12 heteroatoms. The average molecular weight is 453 g/mol. The number of carbonyl (C=O) groups excluding carboxylic acids is 1. The van der Waals surface area contributed by atoms with Gasteiger partial charge in [-0.3, -0.25) is 4.79 Å². The second-order valence-electron chi connectivity index (χ2n) is 6.78. The zero-order valence-corrected chi connectivity index (χ0v) is 17.5. The van der Waals surface area contributed by atoms with Crippen LogP contribution in [0.4, 0.5) is 18.9 Å². The van der Waals surface area contributed by atoms with Crippen LogP contribution in [-0.4, -0.2) is 47.7 Å². The van der Waals surface area contributed by atoms with Gasteiger partial charge in [-0.15, -0.1) is 5.10 Å². The third-order valence-corrected chi connectivity index (χ3v) is 6.23. The molecule has 1 N–H and O–H groups in total. The van der Waals surface area contributed by atoms with Crippen LogP contribution in [0, 0.1) is 6.92 Å². The number of sulfonamides is 1. The van der Waals surface area contributed by atoms with Crippen LogP contribution >= 0.6 is 0 Å². The summed E-state index contributed by atoms with van der Waals surface area (Å²) in [6.45, 7) is 1.66. The number of aryl methyl sites for hydroxylation is 1. The van der Waals surface area contributed by atoms with Gasteiger partial charge in [0.15, 0.2) is 5.69 Å². The van der Waals surface area contributed by atoms with Crippen molar-refractivity contribution in [2.75, 3.05) is 19.4 Å². The van der Waals surface area contributed by atoms with E-state index in [0.29, 0.717) is 5.56 Å². The van der Waals surface area contributed by atoms with Gasteiger partial charge in [-0.1, -0.05) is 23.4 Å². The number of hydrogen-bond donors (Lipinski definition) is 1. The second kappa shape index (κ2) is 8.12. The first-order valence-electron chi connectivity index (χ1n) is 8.85. The Morgan fingerprint density at radius 2 is 1.81 bits per heavy atom. The van der Waals surface area contributed by atoms with E-state index < -0.39 is 27.7 Å². The number of aromatic nitrogens is 3. The molecule has 0 spiro atoms. The highest BCUT2D eigenvalue weighted by Crippen LogP contribution is 2.33. The van der Waals surface area contributed by atoms with Gasteiger partial charge in [-0.2, -0.15) is 13.2 Å². The van der Waals surface area contributed by atoms with E-state index in [0.717, 1.165) is 21.3 Å². The fraction of sp³-hybridized carbons (Fsp3) is 0.211. The molecule has 0 atom stereocenters. The number of nitrogens with one attached hydrogen (secondary N) is 1. The largest absolute Gasteiger partial charge is 0.418 e. The van der Waals surface area contributed by atoms with Crippen molar-refractivity contribution >= 4 is 21.6 Å². The SMILES string of the molecule is Cc1ccc(S(=O)(=O)N(C)C)cc1NC(=O)c1cn(-c2ccccc2C(F)(F)F)nn1. The zero-order chi connectivity index (χ0) is 23.0. The molecule has 164 valence electrons.